The molecule has 1 aromatic heterocycles. The van der Waals surface area contributed by atoms with Gasteiger partial charge in [-0.2, -0.15) is 0 Å². The highest BCUT2D eigenvalue weighted by molar-refractivity contribution is 6.17. The number of pyridine rings is 1. The lowest BCUT2D eigenvalue weighted by molar-refractivity contribution is 0.545. The van der Waals surface area contributed by atoms with Crippen molar-refractivity contribution in [2.24, 2.45) is 5.92 Å². The summed E-state index contributed by atoms with van der Waals surface area (Å²) in [5.41, 5.74) is 2.19. The zero-order valence-electron chi connectivity index (χ0n) is 11.3. The third-order valence-corrected chi connectivity index (χ3v) is 3.40. The van der Waals surface area contributed by atoms with E-state index in [9.17, 15) is 0 Å². The van der Waals surface area contributed by atoms with Gasteiger partial charge < -0.3 is 4.90 Å². The van der Waals surface area contributed by atoms with Gasteiger partial charge in [-0.1, -0.05) is 20.3 Å². The largest absolute Gasteiger partial charge is 0.357 e. The van der Waals surface area contributed by atoms with Crippen molar-refractivity contribution in [1.82, 2.24) is 4.98 Å². The van der Waals surface area contributed by atoms with Crippen LogP contribution in [0, 0.1) is 12.8 Å². The quantitative estimate of drug-likeness (QED) is 0.714. The van der Waals surface area contributed by atoms with E-state index in [2.05, 4.69) is 36.7 Å². The fourth-order valence-electron chi connectivity index (χ4n) is 1.85. The van der Waals surface area contributed by atoms with Gasteiger partial charge in [0.05, 0.1) is 0 Å². The molecule has 1 rings (SSSR count). The predicted molar refractivity (Wildman–Crippen MR) is 75.9 cm³/mol. The number of halogens is 1. The van der Waals surface area contributed by atoms with Gasteiger partial charge in [0.2, 0.25) is 0 Å². The Labute approximate surface area is 110 Å². The number of hydrogen-bond acceptors (Lipinski definition) is 2. The molecule has 1 unspecified atom stereocenters. The average molecular weight is 255 g/mol. The SMILES string of the molecule is CCC(C)CN(CC)c1cc(CCl)cc(C)n1. The molecule has 0 fully saturated rings. The van der Waals surface area contributed by atoms with Crippen LogP contribution in [-0.4, -0.2) is 18.1 Å². The number of nitrogens with zero attached hydrogens (tertiary/aromatic N) is 2. The molecule has 96 valence electrons. The lowest BCUT2D eigenvalue weighted by Gasteiger charge is -2.25. The van der Waals surface area contributed by atoms with Crippen LogP contribution in [0.15, 0.2) is 12.1 Å². The second-order valence-corrected chi connectivity index (χ2v) is 4.93. The molecular formula is C14H23ClN2. The van der Waals surface area contributed by atoms with Crippen molar-refractivity contribution >= 4 is 17.4 Å². The molecule has 0 bridgehead atoms. The molecule has 0 aliphatic rings. The first-order valence-corrected chi connectivity index (χ1v) is 6.92. The van der Waals surface area contributed by atoms with Crippen LogP contribution in [0.3, 0.4) is 0 Å². The van der Waals surface area contributed by atoms with E-state index in [0.717, 1.165) is 30.2 Å². The molecule has 0 aliphatic heterocycles. The maximum absolute atomic E-state index is 5.91. The zero-order valence-corrected chi connectivity index (χ0v) is 12.1. The second kappa shape index (κ2) is 6.85. The summed E-state index contributed by atoms with van der Waals surface area (Å²) < 4.78 is 0. The zero-order chi connectivity index (χ0) is 12.8. The van der Waals surface area contributed by atoms with E-state index in [1.165, 1.54) is 6.42 Å². The van der Waals surface area contributed by atoms with Crippen LogP contribution in [0.2, 0.25) is 0 Å². The van der Waals surface area contributed by atoms with E-state index in [1.807, 2.05) is 13.0 Å². The van der Waals surface area contributed by atoms with Crippen molar-refractivity contribution < 1.29 is 0 Å². The molecule has 1 heterocycles. The van der Waals surface area contributed by atoms with Crippen LogP contribution in [0.1, 0.15) is 38.4 Å². The van der Waals surface area contributed by atoms with Gasteiger partial charge in [0, 0.05) is 24.7 Å². The van der Waals surface area contributed by atoms with Gasteiger partial charge in [-0.15, -0.1) is 11.6 Å². The Hall–Kier alpha value is -0.760. The van der Waals surface area contributed by atoms with Gasteiger partial charge >= 0.3 is 0 Å². The van der Waals surface area contributed by atoms with Crippen LogP contribution in [0.5, 0.6) is 0 Å². The topological polar surface area (TPSA) is 16.1 Å². The molecule has 17 heavy (non-hydrogen) atoms. The average Bonchev–Trinajstić information content (AvgIpc) is 2.34. The molecule has 0 saturated carbocycles. The first kappa shape index (κ1) is 14.3. The monoisotopic (exact) mass is 254 g/mol. The van der Waals surface area contributed by atoms with Crippen molar-refractivity contribution in [2.45, 2.75) is 40.0 Å². The van der Waals surface area contributed by atoms with Crippen molar-refractivity contribution in [3.8, 4) is 0 Å². The smallest absolute Gasteiger partial charge is 0.129 e. The molecule has 0 saturated heterocycles. The molecule has 0 radical (unpaired) electrons. The fraction of sp³-hybridized carbons (Fsp3) is 0.643. The van der Waals surface area contributed by atoms with Gasteiger partial charge in [-0.05, 0) is 37.5 Å². The van der Waals surface area contributed by atoms with Crippen LogP contribution < -0.4 is 4.90 Å². The third kappa shape index (κ3) is 4.19. The van der Waals surface area contributed by atoms with Crippen LogP contribution in [0.25, 0.3) is 0 Å². The molecule has 0 aromatic carbocycles. The summed E-state index contributed by atoms with van der Waals surface area (Å²) in [6, 6.07) is 4.15. The van der Waals surface area contributed by atoms with E-state index < -0.39 is 0 Å². The highest BCUT2D eigenvalue weighted by Gasteiger charge is 2.10. The van der Waals surface area contributed by atoms with Crippen LogP contribution in [0.4, 0.5) is 5.82 Å². The third-order valence-electron chi connectivity index (χ3n) is 3.09. The van der Waals surface area contributed by atoms with Gasteiger partial charge in [-0.25, -0.2) is 4.98 Å². The summed E-state index contributed by atoms with van der Waals surface area (Å²) in [6.45, 7) is 10.8. The van der Waals surface area contributed by atoms with E-state index >= 15 is 0 Å². The lowest BCUT2D eigenvalue weighted by Crippen LogP contribution is -2.29. The number of anilines is 1. The van der Waals surface area contributed by atoms with E-state index in [4.69, 9.17) is 11.6 Å². The maximum atomic E-state index is 5.91. The van der Waals surface area contributed by atoms with E-state index in [1.54, 1.807) is 0 Å². The minimum atomic E-state index is 0.553. The molecule has 2 nitrogen and oxygen atoms in total. The second-order valence-electron chi connectivity index (χ2n) is 4.66. The van der Waals surface area contributed by atoms with Gasteiger partial charge in [0.15, 0.2) is 0 Å². The fourth-order valence-corrected chi connectivity index (χ4v) is 2.00. The van der Waals surface area contributed by atoms with Crippen molar-refractivity contribution in [1.29, 1.82) is 0 Å². The summed E-state index contributed by atoms with van der Waals surface area (Å²) in [7, 11) is 0. The summed E-state index contributed by atoms with van der Waals surface area (Å²) in [4.78, 5) is 6.94. The number of aromatic nitrogens is 1. The van der Waals surface area contributed by atoms with Gasteiger partial charge in [-0.3, -0.25) is 0 Å². The molecule has 0 aliphatic carbocycles. The van der Waals surface area contributed by atoms with Gasteiger partial charge in [0.1, 0.15) is 5.82 Å². The Balaban J connectivity index is 2.90. The normalized spacial score (nSPS) is 12.5. The van der Waals surface area contributed by atoms with Crippen molar-refractivity contribution in [2.75, 3.05) is 18.0 Å². The Kier molecular flexibility index (Phi) is 5.76. The number of aryl methyl sites for hydroxylation is 1. The maximum Gasteiger partial charge on any atom is 0.129 e. The van der Waals surface area contributed by atoms with Crippen molar-refractivity contribution in [3.05, 3.63) is 23.4 Å². The Morgan fingerprint density at radius 2 is 2.06 bits per heavy atom. The van der Waals surface area contributed by atoms with E-state index in [-0.39, 0.29) is 0 Å². The highest BCUT2D eigenvalue weighted by atomic mass is 35.5. The molecule has 0 N–H and O–H groups in total. The summed E-state index contributed by atoms with van der Waals surface area (Å²) in [5.74, 6) is 2.30. The molecule has 0 spiro atoms. The molecule has 1 atom stereocenters. The molecule has 1 aromatic rings. The molecular weight excluding hydrogens is 232 g/mol. The number of hydrogen-bond donors (Lipinski definition) is 0. The Morgan fingerprint density at radius 1 is 1.35 bits per heavy atom. The first-order chi connectivity index (χ1) is 8.10. The number of alkyl halides is 1. The highest BCUT2D eigenvalue weighted by Crippen LogP contribution is 2.18. The van der Waals surface area contributed by atoms with Crippen LogP contribution >= 0.6 is 11.6 Å². The minimum Gasteiger partial charge on any atom is -0.357 e. The molecule has 3 heteroatoms. The van der Waals surface area contributed by atoms with Crippen molar-refractivity contribution in [3.63, 3.8) is 0 Å². The first-order valence-electron chi connectivity index (χ1n) is 6.39. The lowest BCUT2D eigenvalue weighted by atomic mass is 10.1. The summed E-state index contributed by atoms with van der Waals surface area (Å²) >= 11 is 5.91. The summed E-state index contributed by atoms with van der Waals surface area (Å²) in [6.07, 6.45) is 1.20. The Morgan fingerprint density at radius 3 is 2.59 bits per heavy atom. The minimum absolute atomic E-state index is 0.553. The summed E-state index contributed by atoms with van der Waals surface area (Å²) in [5, 5.41) is 0. The molecule has 0 amide bonds. The van der Waals surface area contributed by atoms with Gasteiger partial charge in [0.25, 0.3) is 0 Å². The standard InChI is InChI=1S/C14H23ClN2/c1-5-11(3)10-17(6-2)14-8-13(9-15)7-12(4)16-14/h7-8,11H,5-6,9-10H2,1-4H3. The Bertz CT molecular complexity index is 352. The van der Waals surface area contributed by atoms with E-state index in [0.29, 0.717) is 11.8 Å². The predicted octanol–water partition coefficient (Wildman–Crippen LogP) is 4.00. The van der Waals surface area contributed by atoms with Crippen LogP contribution in [-0.2, 0) is 5.88 Å². The number of rotatable bonds is 6.